The van der Waals surface area contributed by atoms with Crippen molar-refractivity contribution in [3.63, 3.8) is 0 Å². The summed E-state index contributed by atoms with van der Waals surface area (Å²) in [5, 5.41) is 11.6. The number of rotatable bonds is 5. The van der Waals surface area contributed by atoms with Crippen molar-refractivity contribution in [1.82, 2.24) is 25.5 Å². The van der Waals surface area contributed by atoms with E-state index in [2.05, 4.69) is 42.0 Å². The molecule has 2 N–H and O–H groups in total. The summed E-state index contributed by atoms with van der Waals surface area (Å²) in [7, 11) is -3.75. The molecular weight excluding hydrogens is 510 g/mol. The number of hydrogen-bond acceptors (Lipinski definition) is 7. The summed E-state index contributed by atoms with van der Waals surface area (Å²) in [4.78, 5) is 10.1. The van der Waals surface area contributed by atoms with E-state index in [-0.39, 0.29) is 15.9 Å². The standard InChI is InChI=1S/C30H33N5O3S/c1-16(2)39(36,37)24-9-7-6-8-21(24)27-26-19(5)34-35-30(26)33-29(32-27)23-14-17(3)25(20-10-12-31-13-11-20)22-15-18(4)38-28(22)23/h6-9,14,18,20,31H,1,10-13,15H2,2-5H3,(H,32,33,34,35). The highest BCUT2D eigenvalue weighted by Gasteiger charge is 2.32. The lowest BCUT2D eigenvalue weighted by Crippen LogP contribution is -2.27. The molecule has 0 radical (unpaired) electrons. The average molecular weight is 544 g/mol. The number of aryl methyl sites for hydroxylation is 2. The largest absolute Gasteiger partial charge is 0.489 e. The first-order valence-electron chi connectivity index (χ1n) is 13.4. The number of hydrogen-bond donors (Lipinski definition) is 2. The minimum absolute atomic E-state index is 0.0540. The highest BCUT2D eigenvalue weighted by atomic mass is 32.2. The summed E-state index contributed by atoms with van der Waals surface area (Å²) in [6.07, 6.45) is 3.11. The Hall–Kier alpha value is -3.56. The maximum atomic E-state index is 13.3. The van der Waals surface area contributed by atoms with Crippen LogP contribution >= 0.6 is 0 Å². The molecule has 202 valence electrons. The minimum atomic E-state index is -3.75. The molecule has 1 unspecified atom stereocenters. The molecule has 1 atom stereocenters. The maximum absolute atomic E-state index is 13.3. The Balaban J connectivity index is 1.60. The van der Waals surface area contributed by atoms with E-state index in [1.807, 2.05) is 13.0 Å². The molecule has 0 amide bonds. The fourth-order valence-electron chi connectivity index (χ4n) is 6.06. The van der Waals surface area contributed by atoms with Crippen molar-refractivity contribution >= 4 is 20.9 Å². The van der Waals surface area contributed by atoms with Gasteiger partial charge >= 0.3 is 0 Å². The second-order valence-corrected chi connectivity index (χ2v) is 12.9. The summed E-state index contributed by atoms with van der Waals surface area (Å²) in [5.74, 6) is 1.80. The predicted octanol–water partition coefficient (Wildman–Crippen LogP) is 5.40. The molecule has 8 nitrogen and oxygen atoms in total. The minimum Gasteiger partial charge on any atom is -0.489 e. The SMILES string of the molecule is C=C(C)S(=O)(=O)c1ccccc1-c1nc(-c2cc(C)c(C3CCNCC3)c3c2OC(C)C3)nc2n[nH]c(C)c12. The van der Waals surface area contributed by atoms with Crippen molar-refractivity contribution in [2.45, 2.75) is 63.9 Å². The van der Waals surface area contributed by atoms with Gasteiger partial charge in [-0.05, 0) is 82.8 Å². The number of ether oxygens (including phenoxy) is 1. The van der Waals surface area contributed by atoms with Crippen molar-refractivity contribution in [3.8, 4) is 28.4 Å². The van der Waals surface area contributed by atoms with Crippen molar-refractivity contribution < 1.29 is 13.2 Å². The van der Waals surface area contributed by atoms with Gasteiger partial charge in [0.25, 0.3) is 0 Å². The van der Waals surface area contributed by atoms with Gasteiger partial charge in [-0.25, -0.2) is 18.4 Å². The van der Waals surface area contributed by atoms with Crippen LogP contribution in [0.3, 0.4) is 0 Å². The van der Waals surface area contributed by atoms with Crippen LogP contribution in [0.1, 0.15) is 55.0 Å². The molecule has 4 heterocycles. The number of benzene rings is 2. The van der Waals surface area contributed by atoms with E-state index in [0.717, 1.165) is 49.4 Å². The number of allylic oxidation sites excluding steroid dienone is 1. The van der Waals surface area contributed by atoms with E-state index < -0.39 is 9.84 Å². The smallest absolute Gasteiger partial charge is 0.202 e. The number of aromatic nitrogens is 4. The van der Waals surface area contributed by atoms with Gasteiger partial charge in [-0.2, -0.15) is 5.10 Å². The predicted molar refractivity (Wildman–Crippen MR) is 153 cm³/mol. The third-order valence-electron chi connectivity index (χ3n) is 7.91. The van der Waals surface area contributed by atoms with E-state index in [4.69, 9.17) is 14.7 Å². The number of aromatic amines is 1. The molecule has 1 saturated heterocycles. The summed E-state index contributed by atoms with van der Waals surface area (Å²) in [5.41, 5.74) is 6.92. The van der Waals surface area contributed by atoms with Crippen LogP contribution in [0.25, 0.3) is 33.7 Å². The van der Waals surface area contributed by atoms with E-state index in [1.54, 1.807) is 18.2 Å². The van der Waals surface area contributed by atoms with Gasteiger partial charge in [0, 0.05) is 28.1 Å². The zero-order valence-corrected chi connectivity index (χ0v) is 23.6. The normalized spacial score (nSPS) is 17.8. The Kier molecular flexibility index (Phi) is 6.31. The third-order valence-corrected chi connectivity index (χ3v) is 9.77. The monoisotopic (exact) mass is 543 g/mol. The van der Waals surface area contributed by atoms with Crippen molar-refractivity contribution in [1.29, 1.82) is 0 Å². The molecule has 0 saturated carbocycles. The fraction of sp³-hybridized carbons (Fsp3) is 0.367. The summed E-state index contributed by atoms with van der Waals surface area (Å²) in [6, 6.07) is 9.04. The summed E-state index contributed by atoms with van der Waals surface area (Å²) in [6.45, 7) is 13.4. The van der Waals surface area contributed by atoms with Crippen LogP contribution in [0.5, 0.6) is 5.75 Å². The van der Waals surface area contributed by atoms with Gasteiger partial charge in [0.1, 0.15) is 11.9 Å². The number of sulfone groups is 1. The summed E-state index contributed by atoms with van der Waals surface area (Å²) >= 11 is 0. The number of H-pyrrole nitrogens is 1. The fourth-order valence-corrected chi connectivity index (χ4v) is 7.15. The van der Waals surface area contributed by atoms with Gasteiger partial charge < -0.3 is 10.1 Å². The van der Waals surface area contributed by atoms with E-state index in [1.165, 1.54) is 23.6 Å². The molecule has 0 bridgehead atoms. The van der Waals surface area contributed by atoms with Crippen molar-refractivity contribution in [2.75, 3.05) is 13.1 Å². The Morgan fingerprint density at radius 3 is 2.59 bits per heavy atom. The average Bonchev–Trinajstić information content (AvgIpc) is 3.50. The summed E-state index contributed by atoms with van der Waals surface area (Å²) < 4.78 is 33.0. The van der Waals surface area contributed by atoms with Crippen LogP contribution in [0.2, 0.25) is 0 Å². The van der Waals surface area contributed by atoms with E-state index in [9.17, 15) is 8.42 Å². The maximum Gasteiger partial charge on any atom is 0.202 e. The van der Waals surface area contributed by atoms with Gasteiger partial charge in [0.15, 0.2) is 11.5 Å². The second-order valence-electron chi connectivity index (χ2n) is 10.8. The highest BCUT2D eigenvalue weighted by molar-refractivity contribution is 7.95. The van der Waals surface area contributed by atoms with Gasteiger partial charge in [-0.3, -0.25) is 5.10 Å². The van der Waals surface area contributed by atoms with Crippen LogP contribution in [0, 0.1) is 13.8 Å². The van der Waals surface area contributed by atoms with E-state index in [0.29, 0.717) is 34.0 Å². The number of piperidine rings is 1. The van der Waals surface area contributed by atoms with Crippen LogP contribution in [0.15, 0.2) is 46.7 Å². The lowest BCUT2D eigenvalue weighted by molar-refractivity contribution is 0.255. The molecule has 2 aliphatic heterocycles. The molecule has 2 aliphatic rings. The molecule has 0 spiro atoms. The van der Waals surface area contributed by atoms with Crippen LogP contribution in [0.4, 0.5) is 0 Å². The molecule has 2 aromatic carbocycles. The first-order valence-corrected chi connectivity index (χ1v) is 14.9. The van der Waals surface area contributed by atoms with E-state index >= 15 is 0 Å². The lowest BCUT2D eigenvalue weighted by Gasteiger charge is -2.27. The molecule has 6 rings (SSSR count). The number of nitrogens with one attached hydrogen (secondary N) is 2. The first-order chi connectivity index (χ1) is 18.7. The molecule has 9 heteroatoms. The lowest BCUT2D eigenvalue weighted by atomic mass is 9.82. The first kappa shape index (κ1) is 25.7. The van der Waals surface area contributed by atoms with Crippen LogP contribution in [-0.2, 0) is 16.3 Å². The second kappa shape index (κ2) is 9.57. The quantitative estimate of drug-likeness (QED) is 0.347. The Labute approximate surface area is 228 Å². The highest BCUT2D eigenvalue weighted by Crippen LogP contribution is 2.46. The van der Waals surface area contributed by atoms with Crippen molar-refractivity contribution in [3.05, 3.63) is 64.2 Å². The van der Waals surface area contributed by atoms with Gasteiger partial charge in [0.05, 0.1) is 21.5 Å². The number of fused-ring (bicyclic) bond motifs is 2. The van der Waals surface area contributed by atoms with Crippen LogP contribution in [-0.4, -0.2) is 47.8 Å². The molecule has 39 heavy (non-hydrogen) atoms. The van der Waals surface area contributed by atoms with Gasteiger partial charge in [0.2, 0.25) is 9.84 Å². The Bertz CT molecular complexity index is 1740. The third kappa shape index (κ3) is 4.24. The molecular formula is C30H33N5O3S. The van der Waals surface area contributed by atoms with Gasteiger partial charge in [-0.15, -0.1) is 0 Å². The number of nitrogens with zero attached hydrogens (tertiary/aromatic N) is 3. The Morgan fingerprint density at radius 1 is 1.10 bits per heavy atom. The van der Waals surface area contributed by atoms with Gasteiger partial charge in [-0.1, -0.05) is 24.8 Å². The molecule has 4 aromatic rings. The molecule has 0 aliphatic carbocycles. The topological polar surface area (TPSA) is 110 Å². The molecule has 2 aromatic heterocycles. The molecule has 1 fully saturated rings. The zero-order valence-electron chi connectivity index (χ0n) is 22.8. The Morgan fingerprint density at radius 2 is 1.85 bits per heavy atom. The van der Waals surface area contributed by atoms with Crippen LogP contribution < -0.4 is 10.1 Å². The zero-order chi connectivity index (χ0) is 27.5. The van der Waals surface area contributed by atoms with Crippen molar-refractivity contribution in [2.24, 2.45) is 0 Å².